The van der Waals surface area contributed by atoms with E-state index in [1.807, 2.05) is 24.6 Å². The molecular formula is C16H28N4O3. The Labute approximate surface area is 137 Å². The summed E-state index contributed by atoms with van der Waals surface area (Å²) < 4.78 is 6.52. The van der Waals surface area contributed by atoms with E-state index in [4.69, 9.17) is 0 Å². The Morgan fingerprint density at radius 3 is 2.65 bits per heavy atom. The highest BCUT2D eigenvalue weighted by Gasteiger charge is 2.09. The molecule has 0 aromatic carbocycles. The molecule has 1 rings (SSSR count). The Morgan fingerprint density at radius 1 is 1.30 bits per heavy atom. The van der Waals surface area contributed by atoms with Gasteiger partial charge in [-0.05, 0) is 38.7 Å². The maximum Gasteiger partial charge on any atom is 0.314 e. The largest absolute Gasteiger partial charge is 0.469 e. The molecule has 0 aliphatic carbocycles. The lowest BCUT2D eigenvalue weighted by atomic mass is 10.2. The van der Waals surface area contributed by atoms with Gasteiger partial charge in [-0.15, -0.1) is 0 Å². The molecule has 0 fully saturated rings. The Morgan fingerprint density at radius 2 is 2.04 bits per heavy atom. The first-order valence-corrected chi connectivity index (χ1v) is 8.02. The molecule has 130 valence electrons. The van der Waals surface area contributed by atoms with Crippen LogP contribution in [-0.2, 0) is 16.1 Å². The van der Waals surface area contributed by atoms with Gasteiger partial charge in [0.15, 0.2) is 0 Å². The predicted molar refractivity (Wildman–Crippen MR) is 88.1 cm³/mol. The van der Waals surface area contributed by atoms with Crippen molar-refractivity contribution >= 4 is 12.0 Å². The van der Waals surface area contributed by atoms with E-state index in [2.05, 4.69) is 27.4 Å². The van der Waals surface area contributed by atoms with Crippen LogP contribution < -0.4 is 10.6 Å². The molecule has 2 amide bonds. The summed E-state index contributed by atoms with van der Waals surface area (Å²) in [6.07, 6.45) is 1.85. The second-order valence-corrected chi connectivity index (χ2v) is 5.88. The first kappa shape index (κ1) is 19.0. The van der Waals surface area contributed by atoms with Crippen molar-refractivity contribution in [3.63, 3.8) is 0 Å². The number of nitrogens with zero attached hydrogens (tertiary/aromatic N) is 2. The van der Waals surface area contributed by atoms with E-state index in [0.29, 0.717) is 25.9 Å². The van der Waals surface area contributed by atoms with Gasteiger partial charge >= 0.3 is 12.0 Å². The summed E-state index contributed by atoms with van der Waals surface area (Å²) in [6, 6.07) is 1.87. The average molecular weight is 324 g/mol. The van der Waals surface area contributed by atoms with E-state index in [0.717, 1.165) is 24.4 Å². The number of aromatic nitrogens is 2. The van der Waals surface area contributed by atoms with Crippen molar-refractivity contribution in [1.29, 1.82) is 0 Å². The molecule has 0 bridgehead atoms. The van der Waals surface area contributed by atoms with Crippen LogP contribution in [0.1, 0.15) is 37.6 Å². The van der Waals surface area contributed by atoms with Crippen molar-refractivity contribution in [3.8, 4) is 0 Å². The van der Waals surface area contributed by atoms with E-state index >= 15 is 0 Å². The highest BCUT2D eigenvalue weighted by Crippen LogP contribution is 2.05. The summed E-state index contributed by atoms with van der Waals surface area (Å²) in [5.74, 6) is 0.0745. The Kier molecular flexibility index (Phi) is 8.15. The number of aryl methyl sites for hydroxylation is 2. The zero-order valence-corrected chi connectivity index (χ0v) is 14.5. The zero-order chi connectivity index (χ0) is 17.2. The zero-order valence-electron chi connectivity index (χ0n) is 14.5. The summed E-state index contributed by atoms with van der Waals surface area (Å²) >= 11 is 0. The van der Waals surface area contributed by atoms with Gasteiger partial charge in [0.1, 0.15) is 0 Å². The number of methoxy groups -OCH3 is 1. The summed E-state index contributed by atoms with van der Waals surface area (Å²) in [7, 11) is 1.38. The molecule has 2 N–H and O–H groups in total. The fraction of sp³-hybridized carbons (Fsp3) is 0.688. The molecule has 0 spiro atoms. The molecule has 0 saturated heterocycles. The van der Waals surface area contributed by atoms with Gasteiger partial charge in [0.2, 0.25) is 0 Å². The van der Waals surface area contributed by atoms with E-state index < -0.39 is 0 Å². The minimum atomic E-state index is -0.215. The number of rotatable bonds is 9. The minimum absolute atomic E-state index is 0.178. The quantitative estimate of drug-likeness (QED) is 0.535. The minimum Gasteiger partial charge on any atom is -0.469 e. The highest BCUT2D eigenvalue weighted by atomic mass is 16.5. The van der Waals surface area contributed by atoms with E-state index in [-0.39, 0.29) is 17.9 Å². The molecule has 0 aliphatic rings. The summed E-state index contributed by atoms with van der Waals surface area (Å²) in [4.78, 5) is 22.6. The van der Waals surface area contributed by atoms with Crippen LogP contribution in [0.5, 0.6) is 0 Å². The van der Waals surface area contributed by atoms with Crippen LogP contribution in [0.3, 0.4) is 0 Å². The molecule has 0 radical (unpaired) electrons. The number of carbonyl (C=O) groups excluding carboxylic acids is 2. The van der Waals surface area contributed by atoms with Crippen LogP contribution in [0.2, 0.25) is 0 Å². The number of urea groups is 1. The molecule has 1 atom stereocenters. The fourth-order valence-electron chi connectivity index (χ4n) is 2.25. The SMILES string of the molecule is COC(=O)CCCCNC(=O)NCC(C)Cn1nc(C)cc1C. The van der Waals surface area contributed by atoms with Crippen molar-refractivity contribution in [2.45, 2.75) is 46.6 Å². The van der Waals surface area contributed by atoms with Crippen molar-refractivity contribution in [2.24, 2.45) is 5.92 Å². The van der Waals surface area contributed by atoms with Crippen molar-refractivity contribution < 1.29 is 14.3 Å². The van der Waals surface area contributed by atoms with Crippen LogP contribution in [-0.4, -0.2) is 42.0 Å². The number of nitrogens with one attached hydrogen (secondary N) is 2. The normalized spacial score (nSPS) is 11.8. The standard InChI is InChI=1S/C16H28N4O3/c1-12(11-20-14(3)9-13(2)19-20)10-18-16(22)17-8-6-5-7-15(21)23-4/h9,12H,5-8,10-11H2,1-4H3,(H2,17,18,22). The Balaban J connectivity index is 2.13. The van der Waals surface area contributed by atoms with Crippen molar-refractivity contribution in [2.75, 3.05) is 20.2 Å². The van der Waals surface area contributed by atoms with Crippen LogP contribution in [0.4, 0.5) is 4.79 Å². The van der Waals surface area contributed by atoms with Gasteiger partial charge in [0.05, 0.1) is 12.8 Å². The number of ether oxygens (including phenoxy) is 1. The molecule has 1 aromatic rings. The number of esters is 1. The lowest BCUT2D eigenvalue weighted by molar-refractivity contribution is -0.140. The van der Waals surface area contributed by atoms with Gasteiger partial charge in [-0.25, -0.2) is 4.79 Å². The van der Waals surface area contributed by atoms with Crippen molar-refractivity contribution in [1.82, 2.24) is 20.4 Å². The Bertz CT molecular complexity index is 513. The molecule has 0 saturated carbocycles. The lowest BCUT2D eigenvalue weighted by Gasteiger charge is -2.14. The smallest absolute Gasteiger partial charge is 0.314 e. The van der Waals surface area contributed by atoms with Gasteiger partial charge < -0.3 is 15.4 Å². The third-order valence-corrected chi connectivity index (χ3v) is 3.52. The molecule has 7 heteroatoms. The van der Waals surface area contributed by atoms with Gasteiger partial charge in [0.25, 0.3) is 0 Å². The third kappa shape index (κ3) is 7.67. The summed E-state index contributed by atoms with van der Waals surface area (Å²) in [5.41, 5.74) is 2.14. The predicted octanol–water partition coefficient (Wildman–Crippen LogP) is 1.78. The third-order valence-electron chi connectivity index (χ3n) is 3.52. The summed E-state index contributed by atoms with van der Waals surface area (Å²) in [6.45, 7) is 7.99. The molecule has 1 unspecified atom stereocenters. The van der Waals surface area contributed by atoms with Gasteiger partial charge in [-0.2, -0.15) is 5.10 Å². The maximum absolute atomic E-state index is 11.7. The maximum atomic E-state index is 11.7. The average Bonchev–Trinajstić information content (AvgIpc) is 2.82. The second-order valence-electron chi connectivity index (χ2n) is 5.88. The van der Waals surface area contributed by atoms with Crippen LogP contribution in [0, 0.1) is 19.8 Å². The topological polar surface area (TPSA) is 85.2 Å². The first-order valence-electron chi connectivity index (χ1n) is 8.02. The first-order chi connectivity index (χ1) is 10.9. The van der Waals surface area contributed by atoms with Gasteiger partial charge in [0, 0.05) is 31.7 Å². The summed E-state index contributed by atoms with van der Waals surface area (Å²) in [5, 5.41) is 10.1. The fourth-order valence-corrected chi connectivity index (χ4v) is 2.25. The van der Waals surface area contributed by atoms with E-state index in [1.165, 1.54) is 7.11 Å². The number of hydrogen-bond acceptors (Lipinski definition) is 4. The number of unbranched alkanes of at least 4 members (excludes halogenated alkanes) is 1. The number of amides is 2. The van der Waals surface area contributed by atoms with Gasteiger partial charge in [-0.3, -0.25) is 9.48 Å². The van der Waals surface area contributed by atoms with E-state index in [9.17, 15) is 9.59 Å². The monoisotopic (exact) mass is 324 g/mol. The van der Waals surface area contributed by atoms with Crippen molar-refractivity contribution in [3.05, 3.63) is 17.5 Å². The number of hydrogen-bond donors (Lipinski definition) is 2. The van der Waals surface area contributed by atoms with E-state index in [1.54, 1.807) is 0 Å². The van der Waals surface area contributed by atoms with Crippen LogP contribution in [0.25, 0.3) is 0 Å². The number of carbonyl (C=O) groups is 2. The molecule has 1 aromatic heterocycles. The molecule has 0 aliphatic heterocycles. The lowest BCUT2D eigenvalue weighted by Crippen LogP contribution is -2.39. The molecule has 23 heavy (non-hydrogen) atoms. The highest BCUT2D eigenvalue weighted by molar-refractivity contribution is 5.73. The molecule has 1 heterocycles. The van der Waals surface area contributed by atoms with Crippen LogP contribution >= 0.6 is 0 Å². The van der Waals surface area contributed by atoms with Crippen LogP contribution in [0.15, 0.2) is 6.07 Å². The molecule has 7 nitrogen and oxygen atoms in total. The van der Waals surface area contributed by atoms with Gasteiger partial charge in [-0.1, -0.05) is 6.92 Å². The Hall–Kier alpha value is -2.05. The second kappa shape index (κ2) is 9.86. The molecular weight excluding hydrogens is 296 g/mol.